The molecule has 5 heteroatoms. The first-order valence-electron chi connectivity index (χ1n) is 6.02. The van der Waals surface area contributed by atoms with Gasteiger partial charge in [-0.1, -0.05) is 30.3 Å². The SMILES string of the molecule is Cn1cc(-c2nc(CN)sc2-c2ccccc2)cn1. The third-order valence-corrected chi connectivity index (χ3v) is 3.99. The van der Waals surface area contributed by atoms with Crippen LogP contribution in [0.15, 0.2) is 42.7 Å². The molecule has 3 rings (SSSR count). The van der Waals surface area contributed by atoms with Gasteiger partial charge in [-0.2, -0.15) is 5.10 Å². The van der Waals surface area contributed by atoms with Gasteiger partial charge in [-0.3, -0.25) is 4.68 Å². The molecule has 0 spiro atoms. The van der Waals surface area contributed by atoms with Gasteiger partial charge in [-0.25, -0.2) is 4.98 Å². The number of nitrogens with two attached hydrogens (primary N) is 1. The molecule has 1 aromatic carbocycles. The second-order valence-corrected chi connectivity index (χ2v) is 5.34. The van der Waals surface area contributed by atoms with Crippen LogP contribution in [-0.2, 0) is 13.6 Å². The van der Waals surface area contributed by atoms with Gasteiger partial charge in [0.25, 0.3) is 0 Å². The molecule has 0 aliphatic rings. The molecule has 0 atom stereocenters. The topological polar surface area (TPSA) is 56.7 Å². The van der Waals surface area contributed by atoms with E-state index in [1.165, 1.54) is 5.56 Å². The highest BCUT2D eigenvalue weighted by atomic mass is 32.1. The molecule has 0 bridgehead atoms. The quantitative estimate of drug-likeness (QED) is 0.796. The Kier molecular flexibility index (Phi) is 3.15. The van der Waals surface area contributed by atoms with E-state index in [0.29, 0.717) is 6.54 Å². The molecule has 0 saturated heterocycles. The van der Waals surface area contributed by atoms with E-state index in [1.807, 2.05) is 37.6 Å². The summed E-state index contributed by atoms with van der Waals surface area (Å²) in [6, 6.07) is 10.3. The van der Waals surface area contributed by atoms with E-state index in [4.69, 9.17) is 5.73 Å². The van der Waals surface area contributed by atoms with Crippen LogP contribution >= 0.6 is 11.3 Å². The van der Waals surface area contributed by atoms with Gasteiger partial charge in [0.15, 0.2) is 0 Å². The summed E-state index contributed by atoms with van der Waals surface area (Å²) in [6.07, 6.45) is 3.81. The molecule has 2 N–H and O–H groups in total. The number of nitrogens with zero attached hydrogens (tertiary/aromatic N) is 3. The highest BCUT2D eigenvalue weighted by molar-refractivity contribution is 7.15. The molecule has 0 unspecified atom stereocenters. The molecule has 0 amide bonds. The Balaban J connectivity index is 2.16. The highest BCUT2D eigenvalue weighted by Gasteiger charge is 2.15. The zero-order valence-corrected chi connectivity index (χ0v) is 11.4. The van der Waals surface area contributed by atoms with Crippen molar-refractivity contribution in [3.63, 3.8) is 0 Å². The number of benzene rings is 1. The van der Waals surface area contributed by atoms with Crippen molar-refractivity contribution in [3.8, 4) is 21.7 Å². The van der Waals surface area contributed by atoms with Crippen molar-refractivity contribution in [2.24, 2.45) is 12.8 Å². The van der Waals surface area contributed by atoms with Crippen molar-refractivity contribution in [2.45, 2.75) is 6.54 Å². The van der Waals surface area contributed by atoms with Gasteiger partial charge in [0.05, 0.1) is 16.8 Å². The first kappa shape index (κ1) is 12.1. The number of aryl methyl sites for hydroxylation is 1. The van der Waals surface area contributed by atoms with E-state index in [1.54, 1.807) is 16.0 Å². The van der Waals surface area contributed by atoms with Crippen molar-refractivity contribution in [1.29, 1.82) is 0 Å². The number of thiazole rings is 1. The summed E-state index contributed by atoms with van der Waals surface area (Å²) in [5, 5.41) is 5.16. The average Bonchev–Trinajstić information content (AvgIpc) is 3.05. The largest absolute Gasteiger partial charge is 0.325 e. The first-order chi connectivity index (χ1) is 9.28. The van der Waals surface area contributed by atoms with E-state index in [-0.39, 0.29) is 0 Å². The predicted molar refractivity (Wildman–Crippen MR) is 77.6 cm³/mol. The summed E-state index contributed by atoms with van der Waals surface area (Å²) < 4.78 is 1.78. The Morgan fingerprint density at radius 3 is 2.63 bits per heavy atom. The summed E-state index contributed by atoms with van der Waals surface area (Å²) in [4.78, 5) is 5.78. The normalized spacial score (nSPS) is 10.8. The molecule has 2 heterocycles. The van der Waals surface area contributed by atoms with Crippen LogP contribution in [0.3, 0.4) is 0 Å². The first-order valence-corrected chi connectivity index (χ1v) is 6.84. The molecule has 19 heavy (non-hydrogen) atoms. The van der Waals surface area contributed by atoms with Gasteiger partial charge < -0.3 is 5.73 Å². The van der Waals surface area contributed by atoms with Gasteiger partial charge in [0.1, 0.15) is 5.01 Å². The van der Waals surface area contributed by atoms with E-state index in [0.717, 1.165) is 21.1 Å². The zero-order valence-electron chi connectivity index (χ0n) is 10.6. The second kappa shape index (κ2) is 4.95. The van der Waals surface area contributed by atoms with Crippen molar-refractivity contribution in [3.05, 3.63) is 47.7 Å². The molecule has 0 aliphatic carbocycles. The predicted octanol–water partition coefficient (Wildman–Crippen LogP) is 2.67. The third kappa shape index (κ3) is 2.30. The van der Waals surface area contributed by atoms with Crippen LogP contribution < -0.4 is 5.73 Å². The number of hydrogen-bond donors (Lipinski definition) is 1. The van der Waals surface area contributed by atoms with Crippen molar-refractivity contribution >= 4 is 11.3 Å². The Morgan fingerprint density at radius 1 is 1.21 bits per heavy atom. The molecule has 3 aromatic rings. The Labute approximate surface area is 115 Å². The van der Waals surface area contributed by atoms with Crippen molar-refractivity contribution in [1.82, 2.24) is 14.8 Å². The summed E-state index contributed by atoms with van der Waals surface area (Å²) in [7, 11) is 1.90. The van der Waals surface area contributed by atoms with Crippen molar-refractivity contribution < 1.29 is 0 Å². The van der Waals surface area contributed by atoms with Gasteiger partial charge in [0.2, 0.25) is 0 Å². The van der Waals surface area contributed by atoms with E-state index in [2.05, 4.69) is 22.2 Å². The standard InChI is InChI=1S/C14H14N4S/c1-18-9-11(8-16-18)13-14(19-12(7-15)17-13)10-5-3-2-4-6-10/h2-6,8-9H,7,15H2,1H3. The number of rotatable bonds is 3. The second-order valence-electron chi connectivity index (χ2n) is 4.26. The lowest BCUT2D eigenvalue weighted by Gasteiger charge is -1.99. The maximum Gasteiger partial charge on any atom is 0.107 e. The lowest BCUT2D eigenvalue weighted by molar-refractivity contribution is 0.768. The summed E-state index contributed by atoms with van der Waals surface area (Å²) in [6.45, 7) is 0.463. The molecular weight excluding hydrogens is 256 g/mol. The van der Waals surface area contributed by atoms with E-state index >= 15 is 0 Å². The maximum atomic E-state index is 5.72. The molecule has 0 radical (unpaired) electrons. The maximum absolute atomic E-state index is 5.72. The Bertz CT molecular complexity index is 685. The fourth-order valence-electron chi connectivity index (χ4n) is 1.98. The van der Waals surface area contributed by atoms with Gasteiger partial charge in [0, 0.05) is 25.4 Å². The fourth-order valence-corrected chi connectivity index (χ4v) is 2.95. The van der Waals surface area contributed by atoms with Gasteiger partial charge >= 0.3 is 0 Å². The molecule has 0 aliphatic heterocycles. The van der Waals surface area contributed by atoms with Crippen LogP contribution in [0.25, 0.3) is 21.7 Å². The Morgan fingerprint density at radius 2 is 2.00 bits per heavy atom. The minimum absolute atomic E-state index is 0.463. The zero-order chi connectivity index (χ0) is 13.2. The summed E-state index contributed by atoms with van der Waals surface area (Å²) in [5.74, 6) is 0. The minimum Gasteiger partial charge on any atom is -0.325 e. The molecular formula is C14H14N4S. The van der Waals surface area contributed by atoms with Gasteiger partial charge in [-0.05, 0) is 5.56 Å². The van der Waals surface area contributed by atoms with Crippen molar-refractivity contribution in [2.75, 3.05) is 0 Å². The average molecular weight is 270 g/mol. The monoisotopic (exact) mass is 270 g/mol. The molecule has 0 fully saturated rings. The third-order valence-electron chi connectivity index (χ3n) is 2.86. The van der Waals surface area contributed by atoms with Gasteiger partial charge in [-0.15, -0.1) is 11.3 Å². The van der Waals surface area contributed by atoms with Crippen LogP contribution in [0.1, 0.15) is 5.01 Å². The molecule has 96 valence electrons. The van der Waals surface area contributed by atoms with Crippen LogP contribution in [0.5, 0.6) is 0 Å². The molecule has 2 aromatic heterocycles. The Hall–Kier alpha value is -1.98. The fraction of sp³-hybridized carbons (Fsp3) is 0.143. The summed E-state index contributed by atoms with van der Waals surface area (Å²) in [5.41, 5.74) is 8.87. The van der Waals surface area contributed by atoms with Crippen LogP contribution in [0.2, 0.25) is 0 Å². The highest BCUT2D eigenvalue weighted by Crippen LogP contribution is 2.36. The number of hydrogen-bond acceptors (Lipinski definition) is 4. The molecule has 4 nitrogen and oxygen atoms in total. The van der Waals surface area contributed by atoms with Crippen LogP contribution in [-0.4, -0.2) is 14.8 Å². The summed E-state index contributed by atoms with van der Waals surface area (Å²) >= 11 is 1.64. The smallest absolute Gasteiger partial charge is 0.107 e. The minimum atomic E-state index is 0.463. The van der Waals surface area contributed by atoms with E-state index < -0.39 is 0 Å². The van der Waals surface area contributed by atoms with Crippen LogP contribution in [0, 0.1) is 0 Å². The van der Waals surface area contributed by atoms with E-state index in [9.17, 15) is 0 Å². The lowest BCUT2D eigenvalue weighted by Crippen LogP contribution is -1.94. The number of aromatic nitrogens is 3. The lowest BCUT2D eigenvalue weighted by atomic mass is 10.1. The van der Waals surface area contributed by atoms with Crippen LogP contribution in [0.4, 0.5) is 0 Å². The molecule has 0 saturated carbocycles.